The Balaban J connectivity index is 1.87. The molecule has 0 bridgehead atoms. The molecule has 7 heteroatoms. The maximum Gasteiger partial charge on any atom is 0.321 e. The summed E-state index contributed by atoms with van der Waals surface area (Å²) in [6, 6.07) is 8.39. The zero-order valence-electron chi connectivity index (χ0n) is 11.8. The van der Waals surface area contributed by atoms with Crippen LogP contribution < -0.4 is 10.6 Å². The molecular weight excluding hydrogens is 270 g/mol. The van der Waals surface area contributed by atoms with Gasteiger partial charge in [0.15, 0.2) is 0 Å². The van der Waals surface area contributed by atoms with Crippen LogP contribution in [0.4, 0.5) is 15.3 Å². The highest BCUT2D eigenvalue weighted by molar-refractivity contribution is 5.89. The number of nitrogens with one attached hydrogen (secondary N) is 2. The second-order valence-electron chi connectivity index (χ2n) is 4.65. The number of nitrogens with zero attached hydrogens (tertiary/aromatic N) is 3. The molecule has 1 heterocycles. The summed E-state index contributed by atoms with van der Waals surface area (Å²) in [5.41, 5.74) is 1.19. The fourth-order valence-electron chi connectivity index (χ4n) is 2.10. The number of carbonyl (C=O) groups excluding carboxylic acids is 2. The van der Waals surface area contributed by atoms with Gasteiger partial charge in [0.1, 0.15) is 0 Å². The molecule has 0 atom stereocenters. The van der Waals surface area contributed by atoms with Crippen molar-refractivity contribution in [2.75, 3.05) is 38.5 Å². The molecular formula is C14H17N5O2. The molecule has 0 aliphatic carbocycles. The lowest BCUT2D eigenvalue weighted by Crippen LogP contribution is -2.53. The van der Waals surface area contributed by atoms with Gasteiger partial charge < -0.3 is 20.4 Å². The van der Waals surface area contributed by atoms with E-state index in [1.54, 1.807) is 41.1 Å². The van der Waals surface area contributed by atoms with Gasteiger partial charge in [-0.1, -0.05) is 0 Å². The van der Waals surface area contributed by atoms with Crippen LogP contribution in [0.15, 0.2) is 24.3 Å². The monoisotopic (exact) mass is 287 g/mol. The molecule has 1 aliphatic heterocycles. The van der Waals surface area contributed by atoms with Crippen molar-refractivity contribution >= 4 is 17.7 Å². The Morgan fingerprint density at radius 2 is 1.57 bits per heavy atom. The lowest BCUT2D eigenvalue weighted by atomic mass is 10.2. The molecule has 0 radical (unpaired) electrons. The van der Waals surface area contributed by atoms with Crippen LogP contribution in [0.3, 0.4) is 0 Å². The third-order valence-electron chi connectivity index (χ3n) is 3.33. The van der Waals surface area contributed by atoms with Gasteiger partial charge in [-0.25, -0.2) is 9.59 Å². The van der Waals surface area contributed by atoms with E-state index in [2.05, 4.69) is 10.6 Å². The predicted octanol–water partition coefficient (Wildman–Crippen LogP) is 1.05. The van der Waals surface area contributed by atoms with Crippen molar-refractivity contribution in [1.82, 2.24) is 15.1 Å². The Hall–Kier alpha value is -2.75. The van der Waals surface area contributed by atoms with Gasteiger partial charge in [0.25, 0.3) is 0 Å². The molecule has 1 aliphatic rings. The van der Waals surface area contributed by atoms with E-state index in [0.29, 0.717) is 37.4 Å². The van der Waals surface area contributed by atoms with Crippen molar-refractivity contribution in [3.05, 3.63) is 29.8 Å². The molecule has 2 N–H and O–H groups in total. The van der Waals surface area contributed by atoms with Crippen LogP contribution in [0.25, 0.3) is 0 Å². The van der Waals surface area contributed by atoms with E-state index < -0.39 is 0 Å². The van der Waals surface area contributed by atoms with E-state index in [1.807, 2.05) is 6.07 Å². The molecule has 0 spiro atoms. The lowest BCUT2D eigenvalue weighted by molar-refractivity contribution is 0.150. The van der Waals surface area contributed by atoms with Crippen LogP contribution in [0.2, 0.25) is 0 Å². The summed E-state index contributed by atoms with van der Waals surface area (Å²) in [6.07, 6.45) is 0. The summed E-state index contributed by atoms with van der Waals surface area (Å²) < 4.78 is 0. The first-order valence-corrected chi connectivity index (χ1v) is 6.67. The number of nitriles is 1. The number of benzene rings is 1. The van der Waals surface area contributed by atoms with Gasteiger partial charge in [0, 0.05) is 38.9 Å². The highest BCUT2D eigenvalue weighted by Gasteiger charge is 2.23. The van der Waals surface area contributed by atoms with Crippen molar-refractivity contribution in [1.29, 1.82) is 5.26 Å². The maximum atomic E-state index is 12.1. The van der Waals surface area contributed by atoms with E-state index in [0.717, 1.165) is 0 Å². The molecule has 1 aromatic carbocycles. The minimum Gasteiger partial charge on any atom is -0.341 e. The SMILES string of the molecule is CNC(=O)N1CCN(C(=O)Nc2ccc(C#N)cc2)CC1. The fourth-order valence-corrected chi connectivity index (χ4v) is 2.10. The topological polar surface area (TPSA) is 88.5 Å². The number of carbonyl (C=O) groups is 2. The van der Waals surface area contributed by atoms with Gasteiger partial charge in [0.2, 0.25) is 0 Å². The number of rotatable bonds is 1. The van der Waals surface area contributed by atoms with Crippen LogP contribution in [0.1, 0.15) is 5.56 Å². The highest BCUT2D eigenvalue weighted by atomic mass is 16.2. The summed E-state index contributed by atoms with van der Waals surface area (Å²) in [5.74, 6) is 0. The molecule has 110 valence electrons. The Kier molecular flexibility index (Phi) is 4.61. The normalized spacial score (nSPS) is 14.3. The van der Waals surface area contributed by atoms with Crippen molar-refractivity contribution < 1.29 is 9.59 Å². The Morgan fingerprint density at radius 3 is 2.05 bits per heavy atom. The Morgan fingerprint density at radius 1 is 1.05 bits per heavy atom. The van der Waals surface area contributed by atoms with E-state index in [-0.39, 0.29) is 12.1 Å². The zero-order chi connectivity index (χ0) is 15.2. The minimum absolute atomic E-state index is 0.123. The molecule has 1 saturated heterocycles. The van der Waals surface area contributed by atoms with E-state index in [9.17, 15) is 9.59 Å². The average Bonchev–Trinajstić information content (AvgIpc) is 2.55. The van der Waals surface area contributed by atoms with Gasteiger partial charge in [-0.15, -0.1) is 0 Å². The first-order valence-electron chi connectivity index (χ1n) is 6.67. The molecule has 0 unspecified atom stereocenters. The number of piperazine rings is 1. The maximum absolute atomic E-state index is 12.1. The minimum atomic E-state index is -0.198. The standard InChI is InChI=1S/C14H17N5O2/c1-16-13(20)18-6-8-19(9-7-18)14(21)17-12-4-2-11(10-15)3-5-12/h2-5H,6-9H2,1H3,(H,16,20)(H,17,21). The van der Waals surface area contributed by atoms with Crippen molar-refractivity contribution in [2.45, 2.75) is 0 Å². The summed E-state index contributed by atoms with van der Waals surface area (Å²) in [4.78, 5) is 26.9. The second-order valence-corrected chi connectivity index (χ2v) is 4.65. The number of hydrogen-bond acceptors (Lipinski definition) is 3. The third-order valence-corrected chi connectivity index (χ3v) is 3.33. The molecule has 21 heavy (non-hydrogen) atoms. The van der Waals surface area contributed by atoms with E-state index >= 15 is 0 Å². The Labute approximate surface area is 123 Å². The van der Waals surface area contributed by atoms with Gasteiger partial charge in [-0.05, 0) is 24.3 Å². The first-order chi connectivity index (χ1) is 10.1. The van der Waals surface area contributed by atoms with Gasteiger partial charge in [-0.3, -0.25) is 0 Å². The zero-order valence-corrected chi connectivity index (χ0v) is 11.8. The lowest BCUT2D eigenvalue weighted by Gasteiger charge is -2.34. The second kappa shape index (κ2) is 6.61. The third kappa shape index (κ3) is 3.63. The van der Waals surface area contributed by atoms with Gasteiger partial charge >= 0.3 is 12.1 Å². The van der Waals surface area contributed by atoms with Gasteiger partial charge in [-0.2, -0.15) is 5.26 Å². The molecule has 1 fully saturated rings. The summed E-state index contributed by atoms with van der Waals surface area (Å²) >= 11 is 0. The van der Waals surface area contributed by atoms with Crippen LogP contribution in [0.5, 0.6) is 0 Å². The molecule has 0 saturated carbocycles. The van der Waals surface area contributed by atoms with Crippen LogP contribution >= 0.6 is 0 Å². The van der Waals surface area contributed by atoms with Crippen LogP contribution in [0, 0.1) is 11.3 Å². The summed E-state index contributed by atoms with van der Waals surface area (Å²) in [5, 5.41) is 14.1. The van der Waals surface area contributed by atoms with E-state index in [1.165, 1.54) is 0 Å². The van der Waals surface area contributed by atoms with Crippen molar-refractivity contribution in [3.8, 4) is 6.07 Å². The largest absolute Gasteiger partial charge is 0.341 e. The van der Waals surface area contributed by atoms with Crippen molar-refractivity contribution in [2.24, 2.45) is 0 Å². The van der Waals surface area contributed by atoms with Gasteiger partial charge in [0.05, 0.1) is 11.6 Å². The molecule has 0 aromatic heterocycles. The molecule has 4 amide bonds. The first kappa shape index (κ1) is 14.7. The number of amides is 4. The summed E-state index contributed by atoms with van der Waals surface area (Å²) in [6.45, 7) is 2.02. The Bertz CT molecular complexity index is 556. The highest BCUT2D eigenvalue weighted by Crippen LogP contribution is 2.11. The van der Waals surface area contributed by atoms with E-state index in [4.69, 9.17) is 5.26 Å². The van der Waals surface area contributed by atoms with Crippen molar-refractivity contribution in [3.63, 3.8) is 0 Å². The summed E-state index contributed by atoms with van der Waals surface area (Å²) in [7, 11) is 1.59. The number of hydrogen-bond donors (Lipinski definition) is 2. The molecule has 1 aromatic rings. The van der Waals surface area contributed by atoms with Crippen LogP contribution in [-0.2, 0) is 0 Å². The smallest absolute Gasteiger partial charge is 0.321 e. The van der Waals surface area contributed by atoms with Crippen LogP contribution in [-0.4, -0.2) is 55.1 Å². The molecule has 2 rings (SSSR count). The number of anilines is 1. The quantitative estimate of drug-likeness (QED) is 0.809. The average molecular weight is 287 g/mol. The number of urea groups is 2. The molecule has 7 nitrogen and oxygen atoms in total. The fraction of sp³-hybridized carbons (Fsp3) is 0.357. The predicted molar refractivity (Wildman–Crippen MR) is 77.8 cm³/mol.